The van der Waals surface area contributed by atoms with Crippen LogP contribution in [0, 0.1) is 0 Å². The first-order valence-corrected chi connectivity index (χ1v) is 42.8. The lowest BCUT2D eigenvalue weighted by Crippen LogP contribution is -2.30. The predicted octanol–water partition coefficient (Wildman–Crippen LogP) is 22.6. The zero-order valence-electron chi connectivity index (χ0n) is 61.6. The van der Waals surface area contributed by atoms with Crippen molar-refractivity contribution in [2.24, 2.45) is 0 Å². The quantitative estimate of drug-likeness (QED) is 0.0222. The number of rotatable bonds is 77. The fraction of sp³-hybridized carbons (Fsp3) is 0.947. The highest BCUT2D eigenvalue weighted by atomic mass is 31.2. The van der Waals surface area contributed by atoms with Gasteiger partial charge in [-0.25, -0.2) is 9.13 Å². The number of hydrogen-bond donors (Lipinski definition) is 3. The topological polar surface area (TPSA) is 237 Å². The van der Waals surface area contributed by atoms with Crippen LogP contribution in [0.1, 0.15) is 407 Å². The molecule has 0 rings (SSSR count). The third-order valence-corrected chi connectivity index (χ3v) is 19.8. The van der Waals surface area contributed by atoms with Gasteiger partial charge in [0.25, 0.3) is 0 Å². The number of phosphoric acid groups is 2. The van der Waals surface area contributed by atoms with Crippen LogP contribution in [0.15, 0.2) is 0 Å². The van der Waals surface area contributed by atoms with Crippen molar-refractivity contribution in [2.75, 3.05) is 39.6 Å². The summed E-state index contributed by atoms with van der Waals surface area (Å²) in [5.74, 6) is -2.11. The molecule has 0 aromatic rings. The number of aliphatic hydroxyl groups excluding tert-OH is 1. The van der Waals surface area contributed by atoms with Gasteiger partial charge in [-0.2, -0.15) is 0 Å². The molecule has 0 aromatic heterocycles. The SMILES string of the molecule is CCCCCCCCCCCCCCCCCCCCC(=O)O[C@H](COC(=O)CCCCCCCCCCCCCCCCCC)COP(=O)(O)OC[C@@H](O)COP(=O)(O)OC[C@@H](COC(=O)CCCCCCCCC)OC(=O)CCCCCCCCCCCCCCCC. The number of carbonyl (C=O) groups excluding carboxylic acids is 4. The molecule has 0 aliphatic heterocycles. The number of phosphoric ester groups is 2. The summed E-state index contributed by atoms with van der Waals surface area (Å²) in [4.78, 5) is 72.7. The maximum absolute atomic E-state index is 13.1. The Morgan fingerprint density at radius 3 is 0.621 bits per heavy atom. The zero-order valence-corrected chi connectivity index (χ0v) is 63.4. The van der Waals surface area contributed by atoms with Crippen molar-refractivity contribution in [1.29, 1.82) is 0 Å². The van der Waals surface area contributed by atoms with Crippen LogP contribution in [-0.4, -0.2) is 96.7 Å². The first-order valence-electron chi connectivity index (χ1n) is 39.8. The summed E-state index contributed by atoms with van der Waals surface area (Å²) >= 11 is 0. The molecule has 0 amide bonds. The molecule has 17 nitrogen and oxygen atoms in total. The summed E-state index contributed by atoms with van der Waals surface area (Å²) in [6.07, 6.45) is 61.1. The van der Waals surface area contributed by atoms with E-state index in [4.69, 9.17) is 37.0 Å². The summed E-state index contributed by atoms with van der Waals surface area (Å²) in [6, 6.07) is 0. The summed E-state index contributed by atoms with van der Waals surface area (Å²) in [5.41, 5.74) is 0. The van der Waals surface area contributed by atoms with E-state index in [-0.39, 0.29) is 25.7 Å². The van der Waals surface area contributed by atoms with Gasteiger partial charge in [0.05, 0.1) is 26.4 Å². The summed E-state index contributed by atoms with van der Waals surface area (Å²) in [7, 11) is -9.90. The Hall–Kier alpha value is -1.94. The Morgan fingerprint density at radius 1 is 0.253 bits per heavy atom. The van der Waals surface area contributed by atoms with Gasteiger partial charge in [-0.3, -0.25) is 37.3 Å². The van der Waals surface area contributed by atoms with Gasteiger partial charge in [0.15, 0.2) is 12.2 Å². The number of carbonyl (C=O) groups is 4. The second kappa shape index (κ2) is 70.5. The Kier molecular flexibility index (Phi) is 69.1. The molecule has 564 valence electrons. The van der Waals surface area contributed by atoms with Crippen LogP contribution in [0.25, 0.3) is 0 Å². The molecule has 0 aliphatic rings. The largest absolute Gasteiger partial charge is 0.472 e. The molecule has 0 spiro atoms. The number of hydrogen-bond acceptors (Lipinski definition) is 15. The fourth-order valence-corrected chi connectivity index (χ4v) is 13.3. The maximum Gasteiger partial charge on any atom is 0.472 e. The number of aliphatic hydroxyl groups is 1. The van der Waals surface area contributed by atoms with E-state index >= 15 is 0 Å². The van der Waals surface area contributed by atoms with Crippen LogP contribution in [0.3, 0.4) is 0 Å². The summed E-state index contributed by atoms with van der Waals surface area (Å²) in [5, 5.41) is 10.6. The molecule has 0 bridgehead atoms. The molecule has 5 atom stereocenters. The Labute approximate surface area is 581 Å². The van der Waals surface area contributed by atoms with Gasteiger partial charge in [-0.05, 0) is 25.7 Å². The van der Waals surface area contributed by atoms with Crippen molar-refractivity contribution in [3.63, 3.8) is 0 Å². The highest BCUT2D eigenvalue weighted by Crippen LogP contribution is 2.45. The monoisotopic (exact) mass is 1400 g/mol. The van der Waals surface area contributed by atoms with Crippen molar-refractivity contribution < 1.29 is 80.2 Å². The Morgan fingerprint density at radius 2 is 0.421 bits per heavy atom. The second-order valence-corrected chi connectivity index (χ2v) is 30.3. The van der Waals surface area contributed by atoms with Gasteiger partial charge in [0, 0.05) is 25.7 Å². The molecule has 0 fully saturated rings. The van der Waals surface area contributed by atoms with E-state index in [2.05, 4.69) is 27.7 Å². The highest BCUT2D eigenvalue weighted by Gasteiger charge is 2.30. The first kappa shape index (κ1) is 93.1. The van der Waals surface area contributed by atoms with Crippen molar-refractivity contribution in [3.8, 4) is 0 Å². The highest BCUT2D eigenvalue weighted by molar-refractivity contribution is 7.47. The van der Waals surface area contributed by atoms with E-state index in [9.17, 15) is 43.2 Å². The van der Waals surface area contributed by atoms with E-state index in [0.29, 0.717) is 25.7 Å². The van der Waals surface area contributed by atoms with Crippen molar-refractivity contribution in [2.45, 2.75) is 425 Å². The third kappa shape index (κ3) is 70.3. The van der Waals surface area contributed by atoms with E-state index in [1.807, 2.05) is 0 Å². The minimum atomic E-state index is -4.96. The van der Waals surface area contributed by atoms with Crippen LogP contribution in [0.5, 0.6) is 0 Å². The average Bonchev–Trinajstić information content (AvgIpc) is 3.58. The van der Waals surface area contributed by atoms with Crippen molar-refractivity contribution >= 4 is 39.5 Å². The van der Waals surface area contributed by atoms with Gasteiger partial charge in [0.1, 0.15) is 19.3 Å². The van der Waals surface area contributed by atoms with E-state index < -0.39 is 97.5 Å². The summed E-state index contributed by atoms with van der Waals surface area (Å²) in [6.45, 7) is 4.96. The Bertz CT molecular complexity index is 1810. The van der Waals surface area contributed by atoms with E-state index in [1.165, 1.54) is 225 Å². The van der Waals surface area contributed by atoms with Crippen molar-refractivity contribution in [3.05, 3.63) is 0 Å². The van der Waals surface area contributed by atoms with Gasteiger partial charge in [-0.15, -0.1) is 0 Å². The molecule has 3 N–H and O–H groups in total. The van der Waals surface area contributed by atoms with Crippen LogP contribution < -0.4 is 0 Å². The van der Waals surface area contributed by atoms with E-state index in [1.54, 1.807) is 0 Å². The lowest BCUT2D eigenvalue weighted by molar-refractivity contribution is -0.161. The predicted molar refractivity (Wildman–Crippen MR) is 386 cm³/mol. The molecule has 0 radical (unpaired) electrons. The van der Waals surface area contributed by atoms with Gasteiger partial charge in [0.2, 0.25) is 0 Å². The standard InChI is InChI=1S/C76H148O17P2/c1-5-9-13-17-21-24-27-30-33-35-36-38-41-44-47-51-55-59-63-76(81)93-72(67-87-74(79)61-57-53-49-45-42-40-37-34-31-28-25-22-18-14-10-6-2)69-91-95(84,85)89-65-70(77)64-88-94(82,83)90-68-71(66-86-73(78)60-56-52-48-20-16-12-8-4)92-75(80)62-58-54-50-46-43-39-32-29-26-23-19-15-11-7-3/h70-72,77H,5-69H2,1-4H3,(H,82,83)(H,84,85)/t70-,71+,72+/m0/s1. The lowest BCUT2D eigenvalue weighted by atomic mass is 10.0. The molecule has 0 aliphatic carbocycles. The average molecular weight is 1400 g/mol. The number of ether oxygens (including phenoxy) is 4. The van der Waals surface area contributed by atoms with Gasteiger partial charge >= 0.3 is 39.5 Å². The second-order valence-electron chi connectivity index (χ2n) is 27.4. The van der Waals surface area contributed by atoms with Gasteiger partial charge < -0.3 is 33.8 Å². The summed E-state index contributed by atoms with van der Waals surface area (Å²) < 4.78 is 68.4. The molecule has 19 heteroatoms. The van der Waals surface area contributed by atoms with Crippen LogP contribution in [-0.2, 0) is 65.4 Å². The zero-order chi connectivity index (χ0) is 69.7. The molecule has 0 aromatic carbocycles. The van der Waals surface area contributed by atoms with Crippen LogP contribution in [0.4, 0.5) is 0 Å². The maximum atomic E-state index is 13.1. The molecular formula is C76H148O17P2. The lowest BCUT2D eigenvalue weighted by Gasteiger charge is -2.21. The normalized spacial score (nSPS) is 13.9. The van der Waals surface area contributed by atoms with Gasteiger partial charge in [-0.1, -0.05) is 355 Å². The fourth-order valence-electron chi connectivity index (χ4n) is 11.8. The smallest absolute Gasteiger partial charge is 0.462 e. The van der Waals surface area contributed by atoms with E-state index in [0.717, 1.165) is 103 Å². The molecule has 95 heavy (non-hydrogen) atoms. The third-order valence-electron chi connectivity index (χ3n) is 17.9. The first-order chi connectivity index (χ1) is 46.2. The number of esters is 4. The molecular weight excluding hydrogens is 1250 g/mol. The van der Waals surface area contributed by atoms with Crippen LogP contribution >= 0.6 is 15.6 Å². The molecule has 2 unspecified atom stereocenters. The minimum absolute atomic E-state index is 0.108. The number of unbranched alkanes of at least 4 members (excludes halogenated alkanes) is 51. The molecule has 0 saturated carbocycles. The Balaban J connectivity index is 5.19. The molecule has 0 saturated heterocycles. The van der Waals surface area contributed by atoms with Crippen molar-refractivity contribution in [1.82, 2.24) is 0 Å². The molecule has 0 heterocycles. The minimum Gasteiger partial charge on any atom is -0.462 e. The van der Waals surface area contributed by atoms with Crippen LogP contribution in [0.2, 0.25) is 0 Å².